The largest absolute Gasteiger partial charge is 1.00 e. The van der Waals surface area contributed by atoms with Crippen molar-refractivity contribution in [1.82, 2.24) is 9.55 Å². The average Bonchev–Trinajstić information content (AvgIpc) is 2.69. The van der Waals surface area contributed by atoms with Gasteiger partial charge >= 0.3 is 64.8 Å². The Bertz CT molecular complexity index is 595. The Morgan fingerprint density at radius 2 is 2.18 bits per heavy atom. The second-order valence-electron chi connectivity index (χ2n) is 4.18. The van der Waals surface area contributed by atoms with Crippen molar-refractivity contribution < 1.29 is 87.8 Å². The number of nitrogen functional groups attached to an aromatic ring is 1. The summed E-state index contributed by atoms with van der Waals surface area (Å²) >= 11 is 0. The minimum absolute atomic E-state index is 0. The summed E-state index contributed by atoms with van der Waals surface area (Å²) < 4.78 is 21.3. The van der Waals surface area contributed by atoms with Crippen molar-refractivity contribution in [3.05, 3.63) is 22.7 Å². The number of phosphoric acid groups is 1. The van der Waals surface area contributed by atoms with Crippen molar-refractivity contribution >= 4 is 13.6 Å². The van der Waals surface area contributed by atoms with Gasteiger partial charge in [0.25, 0.3) is 0 Å². The molecule has 3 unspecified atom stereocenters. The van der Waals surface area contributed by atoms with E-state index in [0.29, 0.717) is 0 Å². The fraction of sp³-hybridized carbons (Fsp3) is 0.556. The minimum Gasteiger partial charge on any atom is -0.790 e. The van der Waals surface area contributed by atoms with Crippen LogP contribution in [0, 0.1) is 0 Å². The van der Waals surface area contributed by atoms with Gasteiger partial charge in [-0.25, -0.2) is 4.79 Å². The van der Waals surface area contributed by atoms with Crippen LogP contribution in [-0.2, 0) is 13.8 Å². The van der Waals surface area contributed by atoms with Crippen molar-refractivity contribution in [2.45, 2.75) is 24.9 Å². The number of aliphatic hydroxyl groups excluding tert-OH is 1. The maximum atomic E-state index is 11.6. The summed E-state index contributed by atoms with van der Waals surface area (Å²) in [5.41, 5.74) is 4.65. The van der Waals surface area contributed by atoms with Crippen LogP contribution >= 0.6 is 7.82 Å². The second kappa shape index (κ2) is 9.26. The molecule has 1 fully saturated rings. The molecular weight excluding hydrogens is 339 g/mol. The maximum Gasteiger partial charge on any atom is 1.00 e. The molecule has 22 heavy (non-hydrogen) atoms. The van der Waals surface area contributed by atoms with Crippen LogP contribution in [0.15, 0.2) is 17.1 Å². The van der Waals surface area contributed by atoms with Crippen LogP contribution in [0.25, 0.3) is 0 Å². The van der Waals surface area contributed by atoms with E-state index in [9.17, 15) is 19.1 Å². The topological polar surface area (TPSA) is 163 Å². The van der Waals surface area contributed by atoms with E-state index in [2.05, 4.69) is 9.51 Å². The van der Waals surface area contributed by atoms with Crippen LogP contribution in [0.1, 0.15) is 12.6 Å². The van der Waals surface area contributed by atoms with Gasteiger partial charge < -0.3 is 34.5 Å². The van der Waals surface area contributed by atoms with Crippen molar-refractivity contribution in [2.24, 2.45) is 0 Å². The summed E-state index contributed by atoms with van der Waals surface area (Å²) in [6.07, 6.45) is -1.86. The number of anilines is 1. The summed E-state index contributed by atoms with van der Waals surface area (Å²) in [4.78, 5) is 36.4. The first kappa shape index (κ1) is 22.7. The first-order valence-corrected chi connectivity index (χ1v) is 7.07. The number of ether oxygens (including phenoxy) is 1. The number of nitrogens with zero attached hydrogens (tertiary/aromatic N) is 2. The zero-order valence-electron chi connectivity index (χ0n) is 12.1. The van der Waals surface area contributed by atoms with E-state index in [0.717, 1.165) is 4.57 Å². The number of aliphatic hydroxyl groups is 1. The van der Waals surface area contributed by atoms with E-state index in [1.165, 1.54) is 12.3 Å². The monoisotopic (exact) mass is 351 g/mol. The molecule has 0 saturated carbocycles. The van der Waals surface area contributed by atoms with Crippen molar-refractivity contribution in [1.29, 1.82) is 0 Å². The molecule has 0 spiro atoms. The zero-order chi connectivity index (χ0) is 14.9. The number of nitrogens with two attached hydrogens (primary N) is 1. The average molecular weight is 351 g/mol. The van der Waals surface area contributed by atoms with Gasteiger partial charge in [-0.05, 0) is 6.07 Å². The van der Waals surface area contributed by atoms with Crippen LogP contribution < -0.4 is 80.3 Å². The Kier molecular flexibility index (Phi) is 9.56. The van der Waals surface area contributed by atoms with Gasteiger partial charge in [0, 0.05) is 12.6 Å². The van der Waals surface area contributed by atoms with Gasteiger partial charge in [0.05, 0.1) is 20.5 Å². The van der Waals surface area contributed by atoms with Crippen LogP contribution in [0.2, 0.25) is 0 Å². The molecule has 1 aliphatic heterocycles. The number of hydrogen-bond donors (Lipinski definition) is 2. The fourth-order valence-electron chi connectivity index (χ4n) is 1.96. The number of rotatable bonds is 4. The van der Waals surface area contributed by atoms with Gasteiger partial charge in [-0.15, -0.1) is 0 Å². The van der Waals surface area contributed by atoms with E-state index >= 15 is 0 Å². The summed E-state index contributed by atoms with van der Waals surface area (Å²) in [6.45, 7) is -0.557. The molecule has 1 aliphatic rings. The van der Waals surface area contributed by atoms with Crippen LogP contribution in [0.5, 0.6) is 0 Å². The minimum atomic E-state index is -5.22. The summed E-state index contributed by atoms with van der Waals surface area (Å²) in [5.74, 6) is 0.0272. The molecule has 3 atom stereocenters. The molecule has 1 aromatic rings. The van der Waals surface area contributed by atoms with E-state index in [1.54, 1.807) is 0 Å². The Hall–Kier alpha value is 0.710. The molecular formula is C9H12N3Na2O7P. The summed E-state index contributed by atoms with van der Waals surface area (Å²) in [5, 5.41) is 9.09. The molecule has 0 amide bonds. The van der Waals surface area contributed by atoms with Crippen LogP contribution in [0.4, 0.5) is 5.82 Å². The van der Waals surface area contributed by atoms with Gasteiger partial charge in [-0.3, -0.25) is 4.57 Å². The first-order valence-electron chi connectivity index (χ1n) is 5.61. The van der Waals surface area contributed by atoms with E-state index in [4.69, 9.17) is 15.6 Å². The normalized spacial score (nSPS) is 24.4. The third-order valence-electron chi connectivity index (χ3n) is 2.79. The molecule has 10 nitrogen and oxygen atoms in total. The number of phosphoric ester groups is 1. The van der Waals surface area contributed by atoms with Gasteiger partial charge in [-0.1, -0.05) is 0 Å². The predicted octanol–water partition coefficient (Wildman–Crippen LogP) is -8.67. The SMILES string of the molecule is Nc1ccn(C2CC(OP(=O)([O-])[O-])C(CO)O2)c(=O)n1.[Na+].[Na+]. The Labute approximate surface area is 169 Å². The van der Waals surface area contributed by atoms with Crippen molar-refractivity contribution in [3.8, 4) is 0 Å². The van der Waals surface area contributed by atoms with Crippen molar-refractivity contribution in [2.75, 3.05) is 12.3 Å². The van der Waals surface area contributed by atoms with Gasteiger partial charge in [0.15, 0.2) is 0 Å². The molecule has 0 aromatic carbocycles. The number of aromatic nitrogens is 2. The quantitative estimate of drug-likeness (QED) is 0.396. The third kappa shape index (κ3) is 5.97. The molecule has 112 valence electrons. The molecule has 3 N–H and O–H groups in total. The molecule has 1 saturated heterocycles. The van der Waals surface area contributed by atoms with Crippen LogP contribution in [0.3, 0.4) is 0 Å². The van der Waals surface area contributed by atoms with Crippen molar-refractivity contribution in [3.63, 3.8) is 0 Å². The molecule has 0 radical (unpaired) electrons. The Morgan fingerprint density at radius 3 is 2.68 bits per heavy atom. The second-order valence-corrected chi connectivity index (χ2v) is 5.29. The zero-order valence-corrected chi connectivity index (χ0v) is 17.0. The van der Waals surface area contributed by atoms with Gasteiger partial charge in [0.2, 0.25) is 0 Å². The molecule has 0 bridgehead atoms. The van der Waals surface area contributed by atoms with E-state index < -0.39 is 38.6 Å². The third-order valence-corrected chi connectivity index (χ3v) is 3.32. The van der Waals surface area contributed by atoms with E-state index in [1.807, 2.05) is 0 Å². The molecule has 2 heterocycles. The fourth-order valence-corrected chi connectivity index (χ4v) is 2.51. The summed E-state index contributed by atoms with van der Waals surface area (Å²) in [6, 6.07) is 1.36. The van der Waals surface area contributed by atoms with Gasteiger partial charge in [0.1, 0.15) is 18.1 Å². The molecule has 2 rings (SSSR count). The summed E-state index contributed by atoms with van der Waals surface area (Å²) in [7, 11) is -5.22. The predicted molar refractivity (Wildman–Crippen MR) is 61.0 cm³/mol. The standard InChI is InChI=1S/C9H14N3O7P.2Na/c10-7-1-2-12(9(14)11-7)8-3-5(6(4-13)18-8)19-20(15,16)17;;/h1-2,5-6,8,13H,3-4H2,(H2,10,11,14)(H2,15,16,17);;/q;2*+1/p-2. The van der Waals surface area contributed by atoms with Crippen LogP contribution in [-0.4, -0.2) is 33.5 Å². The Balaban J connectivity index is 0.00000220. The van der Waals surface area contributed by atoms with Gasteiger partial charge in [-0.2, -0.15) is 4.98 Å². The maximum absolute atomic E-state index is 11.6. The molecule has 1 aromatic heterocycles. The molecule has 13 heteroatoms. The van der Waals surface area contributed by atoms with E-state index in [-0.39, 0.29) is 71.4 Å². The smallest absolute Gasteiger partial charge is 0.790 e. The first-order chi connectivity index (χ1) is 9.30. The Morgan fingerprint density at radius 1 is 1.55 bits per heavy atom. The number of hydrogen-bond acceptors (Lipinski definition) is 9. The molecule has 0 aliphatic carbocycles.